The van der Waals surface area contributed by atoms with Crippen LogP contribution in [-0.2, 0) is 0 Å². The fourth-order valence-electron chi connectivity index (χ4n) is 1.86. The lowest BCUT2D eigenvalue weighted by molar-refractivity contribution is 0.286. The van der Waals surface area contributed by atoms with E-state index >= 15 is 0 Å². The smallest absolute Gasteiger partial charge is 0.154 e. The second-order valence-corrected chi connectivity index (χ2v) is 5.48. The molecule has 1 aromatic heterocycles. The molecule has 4 N–H and O–H groups in total. The Labute approximate surface area is 125 Å². The van der Waals surface area contributed by atoms with Crippen molar-refractivity contribution in [2.75, 3.05) is 24.2 Å². The number of benzene rings is 1. The number of nitrogens with two attached hydrogens (primary N) is 1. The monoisotopic (exact) mass is 343 g/mol. The Balaban J connectivity index is 2.38. The number of nitrogens with one attached hydrogen (secondary N) is 1. The summed E-state index contributed by atoms with van der Waals surface area (Å²) in [5, 5.41) is 13.3. The molecule has 0 amide bonds. The molecule has 0 fully saturated rings. The van der Waals surface area contributed by atoms with E-state index in [1.165, 1.54) is 0 Å². The molecule has 0 bridgehead atoms. The SMILES string of the molecule is Nc1c(Cl)nc2ccc(Br)cc2c1NCCCCO. The van der Waals surface area contributed by atoms with Gasteiger partial charge in [0.15, 0.2) is 5.15 Å². The molecule has 0 saturated heterocycles. The molecule has 0 atom stereocenters. The number of aliphatic hydroxyl groups excluding tert-OH is 1. The first-order chi connectivity index (χ1) is 9.13. The zero-order chi connectivity index (χ0) is 13.8. The summed E-state index contributed by atoms with van der Waals surface area (Å²) in [6.45, 7) is 0.924. The third kappa shape index (κ3) is 3.29. The molecule has 102 valence electrons. The minimum atomic E-state index is 0.195. The Bertz CT molecular complexity index is 592. The molecular weight excluding hydrogens is 330 g/mol. The van der Waals surface area contributed by atoms with Crippen LogP contribution in [0.4, 0.5) is 11.4 Å². The van der Waals surface area contributed by atoms with Crippen LogP contribution in [0.25, 0.3) is 10.9 Å². The Morgan fingerprint density at radius 1 is 1.37 bits per heavy atom. The number of aromatic nitrogens is 1. The lowest BCUT2D eigenvalue weighted by Crippen LogP contribution is -2.07. The molecule has 1 heterocycles. The highest BCUT2D eigenvalue weighted by atomic mass is 79.9. The van der Waals surface area contributed by atoms with Crippen molar-refractivity contribution in [3.05, 3.63) is 27.8 Å². The molecule has 0 saturated carbocycles. The molecule has 2 aromatic rings. The molecule has 4 nitrogen and oxygen atoms in total. The number of nitrogens with zero attached hydrogens (tertiary/aromatic N) is 1. The van der Waals surface area contributed by atoms with Crippen LogP contribution in [-0.4, -0.2) is 23.2 Å². The van der Waals surface area contributed by atoms with E-state index in [1.807, 2.05) is 18.2 Å². The van der Waals surface area contributed by atoms with E-state index in [-0.39, 0.29) is 6.61 Å². The fourth-order valence-corrected chi connectivity index (χ4v) is 2.41. The number of aliphatic hydroxyl groups is 1. The number of rotatable bonds is 5. The van der Waals surface area contributed by atoms with Crippen molar-refractivity contribution >= 4 is 49.8 Å². The van der Waals surface area contributed by atoms with E-state index in [4.69, 9.17) is 22.4 Å². The van der Waals surface area contributed by atoms with Gasteiger partial charge in [0.1, 0.15) is 0 Å². The highest BCUT2D eigenvalue weighted by Crippen LogP contribution is 2.34. The number of fused-ring (bicyclic) bond motifs is 1. The van der Waals surface area contributed by atoms with Gasteiger partial charge in [-0.1, -0.05) is 27.5 Å². The summed E-state index contributed by atoms with van der Waals surface area (Å²) in [4.78, 5) is 4.26. The molecule has 0 radical (unpaired) electrons. The van der Waals surface area contributed by atoms with Gasteiger partial charge in [-0.15, -0.1) is 0 Å². The molecule has 19 heavy (non-hydrogen) atoms. The van der Waals surface area contributed by atoms with Gasteiger partial charge < -0.3 is 16.2 Å². The van der Waals surface area contributed by atoms with Crippen molar-refractivity contribution in [3.63, 3.8) is 0 Å². The van der Waals surface area contributed by atoms with E-state index in [0.717, 1.165) is 40.4 Å². The molecule has 0 aliphatic heterocycles. The predicted octanol–water partition coefficient (Wildman–Crippen LogP) is 3.42. The maximum atomic E-state index is 8.78. The van der Waals surface area contributed by atoms with Crippen molar-refractivity contribution in [2.24, 2.45) is 0 Å². The van der Waals surface area contributed by atoms with Gasteiger partial charge in [0.25, 0.3) is 0 Å². The lowest BCUT2D eigenvalue weighted by Gasteiger charge is -2.13. The zero-order valence-electron chi connectivity index (χ0n) is 10.3. The van der Waals surface area contributed by atoms with Crippen LogP contribution in [0.1, 0.15) is 12.8 Å². The van der Waals surface area contributed by atoms with Gasteiger partial charge >= 0.3 is 0 Å². The van der Waals surface area contributed by atoms with E-state index < -0.39 is 0 Å². The van der Waals surface area contributed by atoms with Crippen molar-refractivity contribution in [3.8, 4) is 0 Å². The Morgan fingerprint density at radius 2 is 2.16 bits per heavy atom. The van der Waals surface area contributed by atoms with Crippen LogP contribution >= 0.6 is 27.5 Å². The average molecular weight is 345 g/mol. The van der Waals surface area contributed by atoms with Gasteiger partial charge in [0.05, 0.1) is 16.9 Å². The largest absolute Gasteiger partial charge is 0.396 e. The van der Waals surface area contributed by atoms with Crippen molar-refractivity contribution in [2.45, 2.75) is 12.8 Å². The number of unbranched alkanes of at least 4 members (excludes halogenated alkanes) is 1. The number of hydrogen-bond donors (Lipinski definition) is 3. The van der Waals surface area contributed by atoms with Gasteiger partial charge in [-0.2, -0.15) is 0 Å². The van der Waals surface area contributed by atoms with Crippen LogP contribution in [0.5, 0.6) is 0 Å². The van der Waals surface area contributed by atoms with E-state index in [9.17, 15) is 0 Å². The van der Waals surface area contributed by atoms with Crippen LogP contribution in [0.3, 0.4) is 0 Å². The van der Waals surface area contributed by atoms with Gasteiger partial charge in [0, 0.05) is 23.0 Å². The minimum absolute atomic E-state index is 0.195. The molecule has 0 spiro atoms. The van der Waals surface area contributed by atoms with E-state index in [0.29, 0.717) is 10.8 Å². The van der Waals surface area contributed by atoms with Gasteiger partial charge in [0.2, 0.25) is 0 Å². The molecule has 1 aromatic carbocycles. The molecular formula is C13H15BrClN3O. The standard InChI is InChI=1S/C13H15BrClN3O/c14-8-3-4-10-9(7-8)12(11(16)13(15)18-10)17-5-1-2-6-19/h3-4,7,19H,1-2,5-6,16H2,(H,17,18). The number of halogens is 2. The fraction of sp³-hybridized carbons (Fsp3) is 0.308. The molecule has 0 unspecified atom stereocenters. The zero-order valence-corrected chi connectivity index (χ0v) is 12.6. The van der Waals surface area contributed by atoms with Crippen molar-refractivity contribution < 1.29 is 5.11 Å². The van der Waals surface area contributed by atoms with Gasteiger partial charge in [-0.05, 0) is 31.0 Å². The Hall–Kier alpha value is -1.04. The van der Waals surface area contributed by atoms with Crippen LogP contribution in [0.2, 0.25) is 5.15 Å². The summed E-state index contributed by atoms with van der Waals surface area (Å²) >= 11 is 9.49. The maximum absolute atomic E-state index is 8.78. The molecule has 6 heteroatoms. The molecule has 0 aliphatic rings. The highest BCUT2D eigenvalue weighted by molar-refractivity contribution is 9.10. The predicted molar refractivity (Wildman–Crippen MR) is 83.7 cm³/mol. The first kappa shape index (κ1) is 14.4. The number of hydrogen-bond acceptors (Lipinski definition) is 4. The third-order valence-corrected chi connectivity index (χ3v) is 3.61. The third-order valence-electron chi connectivity index (χ3n) is 2.82. The maximum Gasteiger partial charge on any atom is 0.154 e. The molecule has 2 rings (SSSR count). The second-order valence-electron chi connectivity index (χ2n) is 4.21. The van der Waals surface area contributed by atoms with Crippen molar-refractivity contribution in [1.29, 1.82) is 0 Å². The van der Waals surface area contributed by atoms with E-state index in [1.54, 1.807) is 0 Å². The Kier molecular flexibility index (Phi) is 4.85. The number of anilines is 2. The summed E-state index contributed by atoms with van der Waals surface area (Å²) < 4.78 is 0.960. The van der Waals surface area contributed by atoms with Crippen LogP contribution in [0.15, 0.2) is 22.7 Å². The second kappa shape index (κ2) is 6.41. The van der Waals surface area contributed by atoms with Crippen molar-refractivity contribution in [1.82, 2.24) is 4.98 Å². The minimum Gasteiger partial charge on any atom is -0.396 e. The quantitative estimate of drug-likeness (QED) is 0.574. The van der Waals surface area contributed by atoms with E-state index in [2.05, 4.69) is 26.2 Å². The highest BCUT2D eigenvalue weighted by Gasteiger charge is 2.11. The van der Waals surface area contributed by atoms with Gasteiger partial charge in [-0.25, -0.2) is 4.98 Å². The van der Waals surface area contributed by atoms with Gasteiger partial charge in [-0.3, -0.25) is 0 Å². The first-order valence-electron chi connectivity index (χ1n) is 6.02. The molecule has 0 aliphatic carbocycles. The summed E-state index contributed by atoms with van der Waals surface area (Å²) in [7, 11) is 0. The summed E-state index contributed by atoms with van der Waals surface area (Å²) in [6, 6.07) is 5.77. The van der Waals surface area contributed by atoms with Crippen LogP contribution < -0.4 is 11.1 Å². The first-order valence-corrected chi connectivity index (χ1v) is 7.19. The van der Waals surface area contributed by atoms with Crippen LogP contribution in [0, 0.1) is 0 Å². The number of pyridine rings is 1. The lowest BCUT2D eigenvalue weighted by atomic mass is 10.1. The normalized spacial score (nSPS) is 10.9. The summed E-state index contributed by atoms with van der Waals surface area (Å²) in [5.74, 6) is 0. The number of nitrogen functional groups attached to an aromatic ring is 1. The average Bonchev–Trinajstić information content (AvgIpc) is 2.39. The summed E-state index contributed by atoms with van der Waals surface area (Å²) in [5.41, 5.74) is 8.05. The summed E-state index contributed by atoms with van der Waals surface area (Å²) in [6.07, 6.45) is 1.62. The Morgan fingerprint density at radius 3 is 2.89 bits per heavy atom. The topological polar surface area (TPSA) is 71.2 Å².